The van der Waals surface area contributed by atoms with Crippen LogP contribution in [0.2, 0.25) is 0 Å². The molecule has 0 bridgehead atoms. The van der Waals surface area contributed by atoms with Crippen LogP contribution >= 0.6 is 7.82 Å². The number of allylic oxidation sites excluding steroid dienone is 13. The number of quaternary nitrogens is 1. The number of nitrogens with one attached hydrogen (secondary N) is 1. The Morgan fingerprint density at radius 1 is 0.480 bits per heavy atom. The summed E-state index contributed by atoms with van der Waals surface area (Å²) in [5, 5.41) is 3.02. The number of carbonyl (C=O) groups excluding carboxylic acids is 2. The molecule has 1 N–H and O–H groups in total. The number of phosphoric ester groups is 1. The van der Waals surface area contributed by atoms with E-state index in [0.29, 0.717) is 17.4 Å². The number of nitrogens with zero attached hydrogens (tertiary/aromatic N) is 1. The van der Waals surface area contributed by atoms with E-state index in [1.54, 1.807) is 0 Å². The first-order valence-corrected chi connectivity index (χ1v) is 32.4. The van der Waals surface area contributed by atoms with Crippen LogP contribution in [0.25, 0.3) is 0 Å². The lowest BCUT2D eigenvalue weighted by atomic mass is 10.0. The Labute approximate surface area is 463 Å². The first-order chi connectivity index (χ1) is 36.4. The van der Waals surface area contributed by atoms with Crippen molar-refractivity contribution in [3.05, 3.63) is 85.1 Å². The number of likely N-dealkylation sites (N-methyl/N-ethyl adjacent to an activating group) is 1. The summed E-state index contributed by atoms with van der Waals surface area (Å²) in [7, 11) is 1.17. The highest BCUT2D eigenvalue weighted by Gasteiger charge is 2.27. The average Bonchev–Trinajstić information content (AvgIpc) is 3.37. The second-order valence-corrected chi connectivity index (χ2v) is 23.2. The Balaban J connectivity index is 5.06. The molecule has 0 aromatic heterocycles. The fourth-order valence-electron chi connectivity index (χ4n) is 8.58. The van der Waals surface area contributed by atoms with Gasteiger partial charge >= 0.3 is 5.97 Å². The molecule has 1 amide bonds. The highest BCUT2D eigenvalue weighted by atomic mass is 31.2. The summed E-state index contributed by atoms with van der Waals surface area (Å²) >= 11 is 0. The van der Waals surface area contributed by atoms with E-state index in [1.807, 2.05) is 33.3 Å². The van der Waals surface area contributed by atoms with Gasteiger partial charge in [0.25, 0.3) is 7.82 Å². The second kappa shape index (κ2) is 54.5. The van der Waals surface area contributed by atoms with Gasteiger partial charge in [-0.25, -0.2) is 0 Å². The van der Waals surface area contributed by atoms with Crippen LogP contribution in [0.3, 0.4) is 0 Å². The first kappa shape index (κ1) is 72.2. The molecule has 75 heavy (non-hydrogen) atoms. The zero-order valence-electron chi connectivity index (χ0n) is 49.5. The van der Waals surface area contributed by atoms with Gasteiger partial charge in [0.05, 0.1) is 33.8 Å². The molecular weight excluding hydrogens is 952 g/mol. The highest BCUT2D eigenvalue weighted by Crippen LogP contribution is 2.38. The van der Waals surface area contributed by atoms with E-state index < -0.39 is 26.6 Å². The number of amides is 1. The zero-order valence-corrected chi connectivity index (χ0v) is 50.4. The molecule has 0 aliphatic rings. The predicted molar refractivity (Wildman–Crippen MR) is 321 cm³/mol. The minimum Gasteiger partial charge on any atom is -0.756 e. The van der Waals surface area contributed by atoms with Crippen molar-refractivity contribution in [2.45, 2.75) is 277 Å². The molecule has 10 heteroatoms. The summed E-state index contributed by atoms with van der Waals surface area (Å²) in [6.07, 6.45) is 71.3. The normalized spacial score (nSPS) is 14.3. The Bertz CT molecular complexity index is 1560. The third-order valence-electron chi connectivity index (χ3n) is 13.3. The van der Waals surface area contributed by atoms with Crippen LogP contribution in [0, 0.1) is 0 Å². The third-order valence-corrected chi connectivity index (χ3v) is 14.3. The van der Waals surface area contributed by atoms with Gasteiger partial charge in [0.1, 0.15) is 19.3 Å². The molecule has 0 aliphatic carbocycles. The monoisotopic (exact) mass is 1070 g/mol. The van der Waals surface area contributed by atoms with Gasteiger partial charge < -0.3 is 28.5 Å². The van der Waals surface area contributed by atoms with Crippen LogP contribution in [0.1, 0.15) is 265 Å². The lowest BCUT2D eigenvalue weighted by molar-refractivity contribution is -0.870. The molecule has 0 radical (unpaired) electrons. The van der Waals surface area contributed by atoms with Crippen molar-refractivity contribution in [1.82, 2.24) is 5.32 Å². The van der Waals surface area contributed by atoms with E-state index in [1.165, 1.54) is 122 Å². The second-order valence-electron chi connectivity index (χ2n) is 21.8. The van der Waals surface area contributed by atoms with E-state index in [4.69, 9.17) is 13.8 Å². The van der Waals surface area contributed by atoms with Gasteiger partial charge in [-0.3, -0.25) is 14.2 Å². The zero-order chi connectivity index (χ0) is 55.0. The van der Waals surface area contributed by atoms with Crippen molar-refractivity contribution < 1.29 is 37.3 Å². The quantitative estimate of drug-likeness (QED) is 0.0212. The maximum atomic E-state index is 13.5. The Morgan fingerprint density at radius 3 is 1.28 bits per heavy atom. The van der Waals surface area contributed by atoms with Gasteiger partial charge in [0.2, 0.25) is 5.91 Å². The molecule has 0 aromatic carbocycles. The molecule has 0 spiro atoms. The van der Waals surface area contributed by atoms with Crippen molar-refractivity contribution in [3.63, 3.8) is 0 Å². The minimum atomic E-state index is -4.70. The summed E-state index contributed by atoms with van der Waals surface area (Å²) in [5.74, 6) is -0.551. The number of phosphoric acid groups is 1. The summed E-state index contributed by atoms with van der Waals surface area (Å²) in [5.41, 5.74) is 0. The van der Waals surface area contributed by atoms with Crippen molar-refractivity contribution >= 4 is 19.7 Å². The predicted octanol–water partition coefficient (Wildman–Crippen LogP) is 18.4. The molecule has 0 rings (SSSR count). The fourth-order valence-corrected chi connectivity index (χ4v) is 9.31. The van der Waals surface area contributed by atoms with Crippen LogP contribution < -0.4 is 10.2 Å². The molecule has 3 atom stereocenters. The number of rotatable bonds is 55. The smallest absolute Gasteiger partial charge is 0.306 e. The lowest BCUT2D eigenvalue weighted by Gasteiger charge is -2.30. The third kappa shape index (κ3) is 55.7. The number of hydrogen-bond donors (Lipinski definition) is 1. The fraction of sp³-hybridized carbons (Fsp3) is 0.754. The maximum Gasteiger partial charge on any atom is 0.306 e. The molecule has 0 aromatic rings. The molecule has 0 aliphatic heterocycles. The number of hydrogen-bond acceptors (Lipinski definition) is 7. The minimum absolute atomic E-state index is 0.0261. The topological polar surface area (TPSA) is 114 Å². The van der Waals surface area contributed by atoms with Gasteiger partial charge in [0, 0.05) is 12.8 Å². The van der Waals surface area contributed by atoms with Crippen LogP contribution in [-0.2, 0) is 27.9 Å². The Kier molecular flexibility index (Phi) is 52.5. The van der Waals surface area contributed by atoms with Gasteiger partial charge in [-0.2, -0.15) is 0 Å². The number of esters is 1. The summed E-state index contributed by atoms with van der Waals surface area (Å²) < 4.78 is 30.2. The SMILES string of the molecule is CC/C=C\C/C=C\C/C=C\C/C=C\C/C=C\C/C=C\CCCCCCCCCCC(=O)NC(COP(=O)([O-])OCC[N+](C)(C)C)C(/C=C\CCCCCCCCCCC)OC(=O)CCCCCCCCCCCCC. The molecule has 0 fully saturated rings. The number of ether oxygens (including phenoxy) is 1. The molecule has 0 heterocycles. The lowest BCUT2D eigenvalue weighted by Crippen LogP contribution is -2.47. The first-order valence-electron chi connectivity index (χ1n) is 30.9. The highest BCUT2D eigenvalue weighted by molar-refractivity contribution is 7.45. The largest absolute Gasteiger partial charge is 0.756 e. The summed E-state index contributed by atoms with van der Waals surface area (Å²) in [6.45, 7) is 6.71. The maximum absolute atomic E-state index is 13.5. The number of carbonyl (C=O) groups is 2. The molecule has 9 nitrogen and oxygen atoms in total. The van der Waals surface area contributed by atoms with Gasteiger partial charge in [-0.05, 0) is 83.1 Å². The van der Waals surface area contributed by atoms with Crippen LogP contribution in [0.4, 0.5) is 0 Å². The molecule has 0 saturated carbocycles. The molecule has 3 unspecified atom stereocenters. The van der Waals surface area contributed by atoms with E-state index in [0.717, 1.165) is 109 Å². The molecular formula is C65H117N2O7P. The van der Waals surface area contributed by atoms with E-state index >= 15 is 0 Å². The Hall–Kier alpha value is -2.81. The molecule has 0 saturated heterocycles. The average molecular weight is 1070 g/mol. The number of unbranched alkanes of at least 4 members (excludes halogenated alkanes) is 27. The standard InChI is InChI=1S/C65H117N2O7P/c1-7-10-13-16-19-22-25-26-27-28-29-30-31-32-33-34-35-36-37-38-39-40-43-45-48-51-54-57-64(68)66-62(61-73-75(70,71)72-60-59-67(4,5)6)63(56-53-50-47-44-41-23-20-17-14-11-8-2)74-65(69)58-55-52-49-46-42-24-21-18-15-12-9-3/h10,13,19,22,26-27,29-30,32-33,35-36,53,56,62-63H,7-9,11-12,14-18,20-21,23-25,28,31,34,37-52,54-55,57-61H2,1-6H3,(H-,66,68,70,71)/b13-10-,22-19-,27-26-,30-29-,33-32-,36-35-,56-53-. The van der Waals surface area contributed by atoms with Crippen molar-refractivity contribution in [1.29, 1.82) is 0 Å². The van der Waals surface area contributed by atoms with Crippen molar-refractivity contribution in [2.75, 3.05) is 40.9 Å². The van der Waals surface area contributed by atoms with Gasteiger partial charge in [-0.15, -0.1) is 0 Å². The van der Waals surface area contributed by atoms with Crippen LogP contribution in [-0.4, -0.2) is 69.4 Å². The van der Waals surface area contributed by atoms with Gasteiger partial charge in [-0.1, -0.05) is 254 Å². The summed E-state index contributed by atoms with van der Waals surface area (Å²) in [6, 6.07) is -0.893. The van der Waals surface area contributed by atoms with Crippen molar-refractivity contribution in [3.8, 4) is 0 Å². The molecule has 434 valence electrons. The van der Waals surface area contributed by atoms with Crippen LogP contribution in [0.15, 0.2) is 85.1 Å². The van der Waals surface area contributed by atoms with Crippen molar-refractivity contribution in [2.24, 2.45) is 0 Å². The van der Waals surface area contributed by atoms with E-state index in [-0.39, 0.29) is 24.9 Å². The van der Waals surface area contributed by atoms with E-state index in [9.17, 15) is 19.0 Å². The van der Waals surface area contributed by atoms with Gasteiger partial charge in [0.15, 0.2) is 0 Å². The van der Waals surface area contributed by atoms with E-state index in [2.05, 4.69) is 99.0 Å². The summed E-state index contributed by atoms with van der Waals surface area (Å²) in [4.78, 5) is 39.9. The Morgan fingerprint density at radius 2 is 0.853 bits per heavy atom. The van der Waals surface area contributed by atoms with Crippen LogP contribution in [0.5, 0.6) is 0 Å².